The third-order valence-electron chi connectivity index (χ3n) is 5.15. The van der Waals surface area contributed by atoms with Gasteiger partial charge in [-0.3, -0.25) is 0 Å². The SMILES string of the molecule is O=c1oc(-c2ccc(F)cc2)nn1CC(O)Cn1c2ccccc2c2ccccc21. The van der Waals surface area contributed by atoms with Crippen LogP contribution in [0, 0.1) is 5.82 Å². The molecule has 150 valence electrons. The molecular formula is C23H18FN3O3. The average Bonchev–Trinajstić information content (AvgIpc) is 3.27. The standard InChI is InChI=1S/C23H18FN3O3/c24-16-11-9-15(10-12-16)22-25-27(23(29)30-22)14-17(28)13-26-20-7-3-1-5-18(20)19-6-2-4-8-21(19)26/h1-12,17,28H,13-14H2. The molecule has 0 aliphatic heterocycles. The van der Waals surface area contributed by atoms with E-state index in [1.54, 1.807) is 0 Å². The predicted octanol–water partition coefficient (Wildman–Crippen LogP) is 3.81. The fourth-order valence-corrected chi connectivity index (χ4v) is 3.80. The zero-order chi connectivity index (χ0) is 20.7. The number of aliphatic hydroxyl groups is 1. The van der Waals surface area contributed by atoms with Crippen molar-refractivity contribution in [1.29, 1.82) is 0 Å². The highest BCUT2D eigenvalue weighted by atomic mass is 19.1. The Bertz CT molecular complexity index is 1350. The van der Waals surface area contributed by atoms with Crippen LogP contribution in [0.25, 0.3) is 33.3 Å². The molecule has 0 saturated carbocycles. The van der Waals surface area contributed by atoms with Crippen LogP contribution in [0.2, 0.25) is 0 Å². The van der Waals surface area contributed by atoms with Gasteiger partial charge >= 0.3 is 5.76 Å². The van der Waals surface area contributed by atoms with Crippen LogP contribution < -0.4 is 5.76 Å². The fraction of sp³-hybridized carbons (Fsp3) is 0.130. The lowest BCUT2D eigenvalue weighted by atomic mass is 10.2. The van der Waals surface area contributed by atoms with Crippen LogP contribution in [0.5, 0.6) is 0 Å². The summed E-state index contributed by atoms with van der Waals surface area (Å²) in [5.74, 6) is -0.971. The summed E-state index contributed by atoms with van der Waals surface area (Å²) in [6.45, 7) is 0.267. The molecule has 2 aromatic heterocycles. The first-order valence-corrected chi connectivity index (χ1v) is 9.58. The lowest BCUT2D eigenvalue weighted by molar-refractivity contribution is 0.130. The van der Waals surface area contributed by atoms with Crippen LogP contribution in [0.15, 0.2) is 82.0 Å². The molecule has 5 rings (SSSR count). The molecule has 0 spiro atoms. The van der Waals surface area contributed by atoms with Gasteiger partial charge in [0.05, 0.1) is 19.2 Å². The largest absolute Gasteiger partial charge is 0.437 e. The van der Waals surface area contributed by atoms with Crippen LogP contribution in [0.1, 0.15) is 0 Å². The van der Waals surface area contributed by atoms with Gasteiger partial charge in [0.25, 0.3) is 0 Å². The summed E-state index contributed by atoms with van der Waals surface area (Å²) in [5, 5.41) is 17.1. The van der Waals surface area contributed by atoms with E-state index < -0.39 is 11.9 Å². The van der Waals surface area contributed by atoms with E-state index in [4.69, 9.17) is 4.42 Å². The Kier molecular flexibility index (Phi) is 4.44. The number of rotatable bonds is 5. The Labute approximate surface area is 170 Å². The van der Waals surface area contributed by atoms with Crippen molar-refractivity contribution in [1.82, 2.24) is 14.3 Å². The van der Waals surface area contributed by atoms with Crippen LogP contribution in [0.3, 0.4) is 0 Å². The number of benzene rings is 3. The molecular weight excluding hydrogens is 385 g/mol. The predicted molar refractivity (Wildman–Crippen MR) is 112 cm³/mol. The molecule has 5 aromatic rings. The van der Waals surface area contributed by atoms with Gasteiger partial charge in [-0.05, 0) is 36.4 Å². The van der Waals surface area contributed by atoms with Gasteiger partial charge in [0.1, 0.15) is 5.82 Å². The van der Waals surface area contributed by atoms with Crippen LogP contribution in [0.4, 0.5) is 4.39 Å². The second-order valence-electron chi connectivity index (χ2n) is 7.16. The highest BCUT2D eigenvalue weighted by molar-refractivity contribution is 6.07. The van der Waals surface area contributed by atoms with Gasteiger partial charge in [-0.1, -0.05) is 36.4 Å². The van der Waals surface area contributed by atoms with Gasteiger partial charge in [0.15, 0.2) is 0 Å². The van der Waals surface area contributed by atoms with Crippen molar-refractivity contribution >= 4 is 21.8 Å². The molecule has 1 N–H and O–H groups in total. The number of fused-ring (bicyclic) bond motifs is 3. The molecule has 0 amide bonds. The molecule has 0 bridgehead atoms. The normalized spacial score (nSPS) is 12.6. The molecule has 1 unspecified atom stereocenters. The van der Waals surface area contributed by atoms with Crippen LogP contribution in [-0.4, -0.2) is 25.6 Å². The number of hydrogen-bond donors (Lipinski definition) is 1. The quantitative estimate of drug-likeness (QED) is 0.484. The van der Waals surface area contributed by atoms with Crippen molar-refractivity contribution in [3.63, 3.8) is 0 Å². The molecule has 30 heavy (non-hydrogen) atoms. The minimum absolute atomic E-state index is 0.0235. The Morgan fingerprint density at radius 1 is 0.900 bits per heavy atom. The van der Waals surface area contributed by atoms with Crippen LogP contribution >= 0.6 is 0 Å². The molecule has 3 aromatic carbocycles. The number of halogens is 1. The third kappa shape index (κ3) is 3.19. The van der Waals surface area contributed by atoms with Crippen molar-refractivity contribution < 1.29 is 13.9 Å². The minimum atomic E-state index is -0.868. The maximum atomic E-state index is 13.1. The topological polar surface area (TPSA) is 73.2 Å². The molecule has 0 radical (unpaired) electrons. The van der Waals surface area contributed by atoms with Crippen molar-refractivity contribution in [3.05, 3.63) is 89.2 Å². The monoisotopic (exact) mass is 403 g/mol. The van der Waals surface area contributed by atoms with Gasteiger partial charge < -0.3 is 14.1 Å². The Morgan fingerprint density at radius 3 is 2.13 bits per heavy atom. The van der Waals surface area contributed by atoms with E-state index in [0.717, 1.165) is 26.5 Å². The lowest BCUT2D eigenvalue weighted by Crippen LogP contribution is -2.27. The zero-order valence-electron chi connectivity index (χ0n) is 15.9. The average molecular weight is 403 g/mol. The molecule has 1 atom stereocenters. The zero-order valence-corrected chi connectivity index (χ0v) is 15.9. The first-order chi connectivity index (χ1) is 14.6. The molecule has 6 nitrogen and oxygen atoms in total. The second-order valence-corrected chi connectivity index (χ2v) is 7.16. The summed E-state index contributed by atoms with van der Waals surface area (Å²) in [7, 11) is 0. The van der Waals surface area contributed by atoms with Gasteiger partial charge in [0, 0.05) is 27.4 Å². The molecule has 0 aliphatic carbocycles. The molecule has 0 aliphatic rings. The van der Waals surface area contributed by atoms with E-state index in [1.807, 2.05) is 41.0 Å². The minimum Gasteiger partial charge on any atom is -0.389 e. The number of nitrogens with zero attached hydrogens (tertiary/aromatic N) is 3. The maximum Gasteiger partial charge on any atom is 0.437 e. The lowest BCUT2D eigenvalue weighted by Gasteiger charge is -2.13. The highest BCUT2D eigenvalue weighted by Gasteiger charge is 2.17. The molecule has 7 heteroatoms. The van der Waals surface area contributed by atoms with Gasteiger partial charge in [-0.2, -0.15) is 4.68 Å². The Balaban J connectivity index is 1.44. The number of aliphatic hydroxyl groups excluding tert-OH is 1. The summed E-state index contributed by atoms with van der Waals surface area (Å²) in [5.41, 5.74) is 2.51. The fourth-order valence-electron chi connectivity index (χ4n) is 3.80. The Hall–Kier alpha value is -3.71. The third-order valence-corrected chi connectivity index (χ3v) is 5.15. The summed E-state index contributed by atoms with van der Waals surface area (Å²) < 4.78 is 21.4. The second kappa shape index (κ2) is 7.27. The van der Waals surface area contributed by atoms with Crippen molar-refractivity contribution in [3.8, 4) is 11.5 Å². The summed E-state index contributed by atoms with van der Waals surface area (Å²) in [6, 6.07) is 21.5. The van der Waals surface area contributed by atoms with E-state index in [1.165, 1.54) is 24.3 Å². The summed E-state index contributed by atoms with van der Waals surface area (Å²) in [6.07, 6.45) is -0.868. The summed E-state index contributed by atoms with van der Waals surface area (Å²) >= 11 is 0. The smallest absolute Gasteiger partial charge is 0.389 e. The van der Waals surface area contributed by atoms with Crippen molar-refractivity contribution in [2.75, 3.05) is 0 Å². The first kappa shape index (κ1) is 18.3. The van der Waals surface area contributed by atoms with Gasteiger partial charge in [0.2, 0.25) is 5.89 Å². The molecule has 0 saturated heterocycles. The number of hydrogen-bond acceptors (Lipinski definition) is 4. The van der Waals surface area contributed by atoms with Gasteiger partial charge in [-0.25, -0.2) is 9.18 Å². The van der Waals surface area contributed by atoms with Crippen molar-refractivity contribution in [2.24, 2.45) is 0 Å². The maximum absolute atomic E-state index is 13.1. The number of aromatic nitrogens is 3. The van der Waals surface area contributed by atoms with E-state index in [9.17, 15) is 14.3 Å². The van der Waals surface area contributed by atoms with E-state index in [-0.39, 0.29) is 18.3 Å². The number of para-hydroxylation sites is 2. The van der Waals surface area contributed by atoms with E-state index in [2.05, 4.69) is 17.2 Å². The highest BCUT2D eigenvalue weighted by Crippen LogP contribution is 2.29. The Morgan fingerprint density at radius 2 is 1.50 bits per heavy atom. The first-order valence-electron chi connectivity index (χ1n) is 9.58. The van der Waals surface area contributed by atoms with E-state index in [0.29, 0.717) is 12.1 Å². The van der Waals surface area contributed by atoms with Gasteiger partial charge in [-0.15, -0.1) is 5.10 Å². The van der Waals surface area contributed by atoms with Crippen molar-refractivity contribution in [2.45, 2.75) is 19.2 Å². The van der Waals surface area contributed by atoms with E-state index >= 15 is 0 Å². The molecule has 0 fully saturated rings. The molecule has 2 heterocycles. The summed E-state index contributed by atoms with van der Waals surface area (Å²) in [4.78, 5) is 12.2. The van der Waals surface area contributed by atoms with Crippen LogP contribution in [-0.2, 0) is 13.1 Å².